The summed E-state index contributed by atoms with van der Waals surface area (Å²) in [6.07, 6.45) is 8.86. The highest BCUT2D eigenvalue weighted by Gasteiger charge is 2.20. The molecule has 0 saturated heterocycles. The molecule has 0 spiro atoms. The molecular formula is C17H18N6OS2. The lowest BCUT2D eigenvalue weighted by Gasteiger charge is -2.16. The fourth-order valence-electron chi connectivity index (χ4n) is 2.87. The second-order valence-electron chi connectivity index (χ2n) is 5.89. The fraction of sp³-hybridized carbons (Fsp3) is 0.294. The van der Waals surface area contributed by atoms with Crippen LogP contribution in [0.15, 0.2) is 42.2 Å². The molecule has 0 fully saturated rings. The highest BCUT2D eigenvalue weighted by Crippen LogP contribution is 2.19. The fourth-order valence-corrected chi connectivity index (χ4v) is 4.06. The number of thiazole rings is 1. The molecule has 7 nitrogen and oxygen atoms in total. The van der Waals surface area contributed by atoms with E-state index in [2.05, 4.69) is 26.8 Å². The van der Waals surface area contributed by atoms with Crippen LogP contribution >= 0.6 is 23.1 Å². The third-order valence-electron chi connectivity index (χ3n) is 4.08. The number of aromatic nitrogens is 5. The molecule has 0 aromatic carbocycles. The van der Waals surface area contributed by atoms with Crippen molar-refractivity contribution in [3.63, 3.8) is 0 Å². The van der Waals surface area contributed by atoms with Gasteiger partial charge in [-0.05, 0) is 30.6 Å². The first kappa shape index (κ1) is 17.0. The minimum atomic E-state index is -0.184. The number of carbonyl (C=O) groups is 1. The standard InChI is InChI=1S/C17H18N6OS2/c1-25-8-5-13(16-21-20-14-4-2-3-6-23(14)16)19-15(24)10-12-11-22-7-9-26-17(22)18-12/h2-4,6-7,9,11,13H,5,8,10H2,1H3,(H,19,24). The van der Waals surface area contributed by atoms with E-state index in [9.17, 15) is 4.79 Å². The average molecular weight is 387 g/mol. The smallest absolute Gasteiger partial charge is 0.226 e. The minimum absolute atomic E-state index is 0.0606. The number of hydrogen-bond acceptors (Lipinski definition) is 6. The number of fused-ring (bicyclic) bond motifs is 2. The number of imidazole rings is 1. The maximum absolute atomic E-state index is 12.6. The van der Waals surface area contributed by atoms with Crippen LogP contribution in [0.3, 0.4) is 0 Å². The SMILES string of the molecule is CSCCC(NC(=O)Cc1cn2ccsc2n1)c1nnc2ccccn12. The minimum Gasteiger partial charge on any atom is -0.346 e. The van der Waals surface area contributed by atoms with Crippen LogP contribution in [0.4, 0.5) is 0 Å². The van der Waals surface area contributed by atoms with E-state index >= 15 is 0 Å². The number of pyridine rings is 1. The molecule has 4 rings (SSSR count). The van der Waals surface area contributed by atoms with Crippen LogP contribution in [0.25, 0.3) is 10.6 Å². The van der Waals surface area contributed by atoms with Gasteiger partial charge in [-0.15, -0.1) is 21.5 Å². The quantitative estimate of drug-likeness (QED) is 0.528. The number of carbonyl (C=O) groups excluding carboxylic acids is 1. The van der Waals surface area contributed by atoms with E-state index in [1.807, 2.05) is 51.0 Å². The third-order valence-corrected chi connectivity index (χ3v) is 5.50. The van der Waals surface area contributed by atoms with Crippen LogP contribution in [-0.4, -0.2) is 41.9 Å². The molecule has 1 amide bonds. The van der Waals surface area contributed by atoms with E-state index < -0.39 is 0 Å². The zero-order valence-electron chi connectivity index (χ0n) is 14.2. The summed E-state index contributed by atoms with van der Waals surface area (Å²) in [5, 5.41) is 13.6. The molecule has 9 heteroatoms. The Morgan fingerprint density at radius 3 is 3.12 bits per heavy atom. The topological polar surface area (TPSA) is 76.6 Å². The number of hydrogen-bond donors (Lipinski definition) is 1. The Labute approximate surface area is 158 Å². The zero-order valence-corrected chi connectivity index (χ0v) is 15.8. The van der Waals surface area contributed by atoms with Crippen molar-refractivity contribution < 1.29 is 4.79 Å². The van der Waals surface area contributed by atoms with Crippen LogP contribution in [-0.2, 0) is 11.2 Å². The van der Waals surface area contributed by atoms with Crippen molar-refractivity contribution in [3.8, 4) is 0 Å². The van der Waals surface area contributed by atoms with Gasteiger partial charge in [-0.1, -0.05) is 6.07 Å². The van der Waals surface area contributed by atoms with E-state index in [0.717, 1.165) is 34.3 Å². The van der Waals surface area contributed by atoms with E-state index in [0.29, 0.717) is 0 Å². The summed E-state index contributed by atoms with van der Waals surface area (Å²) >= 11 is 3.30. The Bertz CT molecular complexity index is 1010. The summed E-state index contributed by atoms with van der Waals surface area (Å²) in [4.78, 5) is 18.0. The maximum atomic E-state index is 12.6. The average Bonchev–Trinajstić information content (AvgIpc) is 3.32. The summed E-state index contributed by atoms with van der Waals surface area (Å²) in [5.74, 6) is 1.62. The highest BCUT2D eigenvalue weighted by molar-refractivity contribution is 7.98. The first-order chi connectivity index (χ1) is 12.7. The number of amides is 1. The van der Waals surface area contributed by atoms with Gasteiger partial charge in [0, 0.05) is 24.0 Å². The summed E-state index contributed by atoms with van der Waals surface area (Å²) in [5.41, 5.74) is 1.55. The van der Waals surface area contributed by atoms with Crippen molar-refractivity contribution in [3.05, 3.63) is 53.7 Å². The maximum Gasteiger partial charge on any atom is 0.226 e. The van der Waals surface area contributed by atoms with Crippen molar-refractivity contribution in [1.29, 1.82) is 0 Å². The van der Waals surface area contributed by atoms with Crippen molar-refractivity contribution in [2.75, 3.05) is 12.0 Å². The molecule has 26 heavy (non-hydrogen) atoms. The first-order valence-corrected chi connectivity index (χ1v) is 10.5. The van der Waals surface area contributed by atoms with Crippen LogP contribution in [0.5, 0.6) is 0 Å². The molecule has 0 aliphatic carbocycles. The van der Waals surface area contributed by atoms with Crippen molar-refractivity contribution in [2.45, 2.75) is 18.9 Å². The second-order valence-corrected chi connectivity index (χ2v) is 7.75. The molecule has 0 aliphatic rings. The van der Waals surface area contributed by atoms with Crippen LogP contribution in [0.2, 0.25) is 0 Å². The van der Waals surface area contributed by atoms with Crippen LogP contribution < -0.4 is 5.32 Å². The predicted molar refractivity (Wildman–Crippen MR) is 104 cm³/mol. The Hall–Kier alpha value is -2.39. The molecule has 1 atom stereocenters. The molecule has 1 unspecified atom stereocenters. The molecule has 4 aromatic rings. The molecule has 0 radical (unpaired) electrons. The lowest BCUT2D eigenvalue weighted by molar-refractivity contribution is -0.121. The molecule has 134 valence electrons. The number of nitrogens with one attached hydrogen (secondary N) is 1. The van der Waals surface area contributed by atoms with Crippen molar-refractivity contribution in [2.24, 2.45) is 0 Å². The zero-order chi connectivity index (χ0) is 17.9. The Balaban J connectivity index is 1.52. The molecule has 1 N–H and O–H groups in total. The Morgan fingerprint density at radius 1 is 1.35 bits per heavy atom. The van der Waals surface area contributed by atoms with Gasteiger partial charge in [0.2, 0.25) is 5.91 Å². The Morgan fingerprint density at radius 2 is 2.27 bits per heavy atom. The van der Waals surface area contributed by atoms with Gasteiger partial charge in [0.25, 0.3) is 0 Å². The van der Waals surface area contributed by atoms with Gasteiger partial charge < -0.3 is 5.32 Å². The molecule has 0 bridgehead atoms. The highest BCUT2D eigenvalue weighted by atomic mass is 32.2. The van der Waals surface area contributed by atoms with Gasteiger partial charge in [0.05, 0.1) is 18.2 Å². The number of thioether (sulfide) groups is 1. The van der Waals surface area contributed by atoms with E-state index in [-0.39, 0.29) is 18.4 Å². The molecule has 0 saturated carbocycles. The third kappa shape index (κ3) is 3.45. The van der Waals surface area contributed by atoms with Gasteiger partial charge in [0.15, 0.2) is 16.4 Å². The van der Waals surface area contributed by atoms with Gasteiger partial charge in [-0.2, -0.15) is 11.8 Å². The summed E-state index contributed by atoms with van der Waals surface area (Å²) in [6, 6.07) is 5.58. The van der Waals surface area contributed by atoms with Crippen LogP contribution in [0, 0.1) is 0 Å². The van der Waals surface area contributed by atoms with E-state index in [1.54, 1.807) is 23.1 Å². The van der Waals surface area contributed by atoms with Gasteiger partial charge in [-0.3, -0.25) is 13.6 Å². The largest absolute Gasteiger partial charge is 0.346 e. The summed E-state index contributed by atoms with van der Waals surface area (Å²) in [6.45, 7) is 0. The Kier molecular flexibility index (Phi) is 4.89. The van der Waals surface area contributed by atoms with E-state index in [4.69, 9.17) is 0 Å². The summed E-state index contributed by atoms with van der Waals surface area (Å²) < 4.78 is 3.86. The van der Waals surface area contributed by atoms with Crippen molar-refractivity contribution >= 4 is 39.6 Å². The van der Waals surface area contributed by atoms with Crippen LogP contribution in [0.1, 0.15) is 24.0 Å². The normalized spacial score (nSPS) is 12.7. The first-order valence-electron chi connectivity index (χ1n) is 8.23. The lowest BCUT2D eigenvalue weighted by Crippen LogP contribution is -2.31. The second kappa shape index (κ2) is 7.46. The molecular weight excluding hydrogens is 368 g/mol. The predicted octanol–water partition coefficient (Wildman–Crippen LogP) is 2.59. The monoisotopic (exact) mass is 386 g/mol. The van der Waals surface area contributed by atoms with Gasteiger partial charge in [-0.25, -0.2) is 4.98 Å². The van der Waals surface area contributed by atoms with Crippen molar-refractivity contribution in [1.82, 2.24) is 29.3 Å². The molecule has 4 aromatic heterocycles. The molecule has 0 aliphatic heterocycles. The number of nitrogens with zero attached hydrogens (tertiary/aromatic N) is 5. The van der Waals surface area contributed by atoms with E-state index in [1.165, 1.54) is 0 Å². The number of rotatable bonds is 7. The van der Waals surface area contributed by atoms with Gasteiger partial charge >= 0.3 is 0 Å². The summed E-state index contributed by atoms with van der Waals surface area (Å²) in [7, 11) is 0. The molecule has 4 heterocycles. The lowest BCUT2D eigenvalue weighted by atomic mass is 10.2. The van der Waals surface area contributed by atoms with Gasteiger partial charge in [0.1, 0.15) is 0 Å².